The monoisotopic (exact) mass is 341 g/mol. The number of amides is 1. The Balaban J connectivity index is 2.22. The van der Waals surface area contributed by atoms with E-state index < -0.39 is 32.6 Å². The van der Waals surface area contributed by atoms with Gasteiger partial charge in [-0.25, -0.2) is 4.79 Å². The highest BCUT2D eigenvalue weighted by Crippen LogP contribution is 2.42. The minimum absolute atomic E-state index is 0.00797. The summed E-state index contributed by atoms with van der Waals surface area (Å²) >= 11 is 0. The second-order valence-electron chi connectivity index (χ2n) is 4.24. The first kappa shape index (κ1) is 18.5. The molecule has 1 unspecified atom stereocenters. The molecule has 1 aromatic rings. The third-order valence-corrected chi connectivity index (χ3v) is 3.63. The van der Waals surface area contributed by atoms with Crippen LogP contribution in [0, 0.1) is 0 Å². The summed E-state index contributed by atoms with van der Waals surface area (Å²) in [6.07, 6.45) is -6.19. The van der Waals surface area contributed by atoms with E-state index in [1.165, 1.54) is 0 Å². The summed E-state index contributed by atoms with van der Waals surface area (Å²) in [5.74, 6) is 0. The van der Waals surface area contributed by atoms with Crippen LogP contribution in [0.4, 0.5) is 18.0 Å². The number of hydrogen-bond acceptors (Lipinski definition) is 4. The molecule has 0 saturated carbocycles. The van der Waals surface area contributed by atoms with Crippen LogP contribution in [0.5, 0.6) is 0 Å². The summed E-state index contributed by atoms with van der Waals surface area (Å²) in [7, 11) is -4.41. The molecule has 0 bridgehead atoms. The maximum atomic E-state index is 11.9. The fourth-order valence-corrected chi connectivity index (χ4v) is 2.18. The van der Waals surface area contributed by atoms with Crippen LogP contribution in [0.15, 0.2) is 30.3 Å². The van der Waals surface area contributed by atoms with E-state index in [1.807, 2.05) is 0 Å². The van der Waals surface area contributed by atoms with E-state index in [0.717, 1.165) is 5.56 Å². The predicted molar refractivity (Wildman–Crippen MR) is 71.3 cm³/mol. The first-order valence-electron chi connectivity index (χ1n) is 6.16. The van der Waals surface area contributed by atoms with Crippen LogP contribution < -0.4 is 5.32 Å². The molecule has 124 valence electrons. The molecule has 1 atom stereocenters. The number of rotatable bonds is 7. The molecule has 6 nitrogen and oxygen atoms in total. The lowest BCUT2D eigenvalue weighted by Crippen LogP contribution is -2.27. The van der Waals surface area contributed by atoms with Gasteiger partial charge in [-0.1, -0.05) is 30.3 Å². The summed E-state index contributed by atoms with van der Waals surface area (Å²) in [6, 6.07) is 8.79. The molecule has 1 rings (SSSR count). The number of benzene rings is 1. The van der Waals surface area contributed by atoms with Gasteiger partial charge in [-0.05, 0) is 5.56 Å². The third kappa shape index (κ3) is 8.66. The van der Waals surface area contributed by atoms with Crippen molar-refractivity contribution in [2.24, 2.45) is 0 Å². The first-order chi connectivity index (χ1) is 10.2. The predicted octanol–water partition coefficient (Wildman–Crippen LogP) is 2.68. The summed E-state index contributed by atoms with van der Waals surface area (Å²) < 4.78 is 55.5. The molecule has 1 amide bonds. The molecule has 0 heterocycles. The first-order valence-corrected chi connectivity index (χ1v) is 7.92. The largest absolute Gasteiger partial charge is 0.445 e. The molecule has 0 aliphatic carbocycles. The van der Waals surface area contributed by atoms with Crippen molar-refractivity contribution in [1.82, 2.24) is 5.32 Å². The van der Waals surface area contributed by atoms with Gasteiger partial charge >= 0.3 is 19.9 Å². The van der Waals surface area contributed by atoms with Gasteiger partial charge in [-0.15, -0.1) is 0 Å². The fourth-order valence-electron chi connectivity index (χ4n) is 1.31. The van der Waals surface area contributed by atoms with Crippen molar-refractivity contribution in [1.29, 1.82) is 0 Å². The molecule has 0 aliphatic heterocycles. The van der Waals surface area contributed by atoms with Crippen molar-refractivity contribution in [3.8, 4) is 0 Å². The minimum atomic E-state index is -4.69. The van der Waals surface area contributed by atoms with E-state index >= 15 is 0 Å². The minimum Gasteiger partial charge on any atom is -0.445 e. The average molecular weight is 341 g/mol. The van der Waals surface area contributed by atoms with Gasteiger partial charge in [-0.2, -0.15) is 13.2 Å². The molecule has 0 saturated heterocycles. The number of ether oxygens (including phenoxy) is 1. The topological polar surface area (TPSA) is 84.9 Å². The van der Waals surface area contributed by atoms with Gasteiger partial charge in [0.2, 0.25) is 0 Å². The van der Waals surface area contributed by atoms with Crippen LogP contribution in [-0.2, 0) is 20.4 Å². The highest BCUT2D eigenvalue weighted by molar-refractivity contribution is 7.52. The van der Waals surface area contributed by atoms with Crippen LogP contribution in [-0.4, -0.2) is 36.5 Å². The Hall–Kier alpha value is -1.57. The number of carbonyl (C=O) groups is 1. The zero-order valence-corrected chi connectivity index (χ0v) is 12.3. The van der Waals surface area contributed by atoms with E-state index in [4.69, 9.17) is 9.63 Å². The molecule has 0 aromatic heterocycles. The van der Waals surface area contributed by atoms with Crippen LogP contribution in [0.2, 0.25) is 0 Å². The summed E-state index contributed by atoms with van der Waals surface area (Å²) in [5, 5.41) is 2.15. The highest BCUT2D eigenvalue weighted by atomic mass is 31.2. The molecule has 22 heavy (non-hydrogen) atoms. The van der Waals surface area contributed by atoms with Crippen molar-refractivity contribution in [3.63, 3.8) is 0 Å². The molecule has 1 aromatic carbocycles. The third-order valence-electron chi connectivity index (χ3n) is 2.31. The number of halogens is 3. The molecule has 0 spiro atoms. The lowest BCUT2D eigenvalue weighted by Gasteiger charge is -2.14. The summed E-state index contributed by atoms with van der Waals surface area (Å²) in [4.78, 5) is 20.4. The zero-order valence-electron chi connectivity index (χ0n) is 11.4. The molecule has 10 heteroatoms. The lowest BCUT2D eigenvalue weighted by molar-refractivity contribution is -0.154. The lowest BCUT2D eigenvalue weighted by atomic mass is 10.2. The van der Waals surface area contributed by atoms with Gasteiger partial charge in [0, 0.05) is 6.54 Å². The van der Waals surface area contributed by atoms with Gasteiger partial charge < -0.3 is 14.9 Å². The summed E-state index contributed by atoms with van der Waals surface area (Å²) in [6.45, 7) is -2.16. The van der Waals surface area contributed by atoms with E-state index in [1.54, 1.807) is 30.3 Å². The SMILES string of the molecule is O=C(NCCP(=O)(O)OCC(F)(F)F)OCc1ccccc1. The van der Waals surface area contributed by atoms with Crippen LogP contribution in [0.25, 0.3) is 0 Å². The van der Waals surface area contributed by atoms with E-state index in [0.29, 0.717) is 0 Å². The molecular formula is C12H15F3NO5P. The molecule has 0 fully saturated rings. The van der Waals surface area contributed by atoms with Crippen molar-refractivity contribution in [3.05, 3.63) is 35.9 Å². The standard InChI is InChI=1S/C12H15F3NO5P/c13-12(14,15)9-21-22(18,19)7-6-16-11(17)20-8-10-4-2-1-3-5-10/h1-5H,6-9H2,(H,16,17)(H,18,19). The van der Waals surface area contributed by atoms with E-state index in [-0.39, 0.29) is 13.2 Å². The van der Waals surface area contributed by atoms with Crippen LogP contribution in [0.3, 0.4) is 0 Å². The quantitative estimate of drug-likeness (QED) is 0.745. The number of alkyl halides is 3. The number of hydrogen-bond donors (Lipinski definition) is 2. The average Bonchev–Trinajstić information content (AvgIpc) is 2.43. The van der Waals surface area contributed by atoms with Gasteiger partial charge in [0.05, 0.1) is 6.16 Å². The van der Waals surface area contributed by atoms with Gasteiger partial charge in [0.25, 0.3) is 0 Å². The molecule has 2 N–H and O–H groups in total. The van der Waals surface area contributed by atoms with E-state index in [9.17, 15) is 22.5 Å². The maximum Gasteiger partial charge on any atom is 0.412 e. The zero-order chi connectivity index (χ0) is 16.6. The Labute approximate surface area is 124 Å². The molecular weight excluding hydrogens is 326 g/mol. The maximum absolute atomic E-state index is 11.9. The Morgan fingerprint density at radius 3 is 2.50 bits per heavy atom. The fraction of sp³-hybridized carbons (Fsp3) is 0.417. The van der Waals surface area contributed by atoms with Gasteiger partial charge in [0.1, 0.15) is 6.61 Å². The van der Waals surface area contributed by atoms with E-state index in [2.05, 4.69) is 9.84 Å². The number of carbonyl (C=O) groups excluding carboxylic acids is 1. The van der Waals surface area contributed by atoms with Crippen molar-refractivity contribution >= 4 is 13.7 Å². The Morgan fingerprint density at radius 1 is 1.27 bits per heavy atom. The smallest absolute Gasteiger partial charge is 0.412 e. The second-order valence-corrected chi connectivity index (χ2v) is 6.22. The Bertz CT molecular complexity index is 523. The van der Waals surface area contributed by atoms with Gasteiger partial charge in [-0.3, -0.25) is 9.09 Å². The number of alkyl carbamates (subject to hydrolysis) is 1. The van der Waals surface area contributed by atoms with Crippen molar-refractivity contribution in [2.75, 3.05) is 19.3 Å². The Kier molecular flexibility index (Phi) is 6.86. The van der Waals surface area contributed by atoms with Crippen molar-refractivity contribution < 1.29 is 36.7 Å². The van der Waals surface area contributed by atoms with Gasteiger partial charge in [0.15, 0.2) is 6.61 Å². The molecule has 0 radical (unpaired) electrons. The molecule has 0 aliphatic rings. The van der Waals surface area contributed by atoms with Crippen LogP contribution in [0.1, 0.15) is 5.56 Å². The Morgan fingerprint density at radius 2 is 1.91 bits per heavy atom. The summed E-state index contributed by atoms with van der Waals surface area (Å²) in [5.41, 5.74) is 0.749. The van der Waals surface area contributed by atoms with Crippen molar-refractivity contribution in [2.45, 2.75) is 12.8 Å². The normalized spacial score (nSPS) is 14.2. The second kappa shape index (κ2) is 8.17. The number of nitrogens with one attached hydrogen (secondary N) is 1. The van der Waals surface area contributed by atoms with Crippen LogP contribution >= 0.6 is 7.60 Å². The highest BCUT2D eigenvalue weighted by Gasteiger charge is 2.32.